The minimum absolute atomic E-state index is 0.0608. The third-order valence-electron chi connectivity index (χ3n) is 1.66. The number of aromatic nitrogens is 1. The third-order valence-corrected chi connectivity index (χ3v) is 1.66. The average molecular weight is 192 g/mol. The molecule has 0 aliphatic heterocycles. The van der Waals surface area contributed by atoms with E-state index in [0.29, 0.717) is 24.5 Å². The number of aliphatic hydroxyl groups excluding tert-OH is 1. The van der Waals surface area contributed by atoms with Crippen molar-refractivity contribution in [1.29, 1.82) is 5.26 Å². The van der Waals surface area contributed by atoms with Crippen molar-refractivity contribution in [3.05, 3.63) is 24.0 Å². The van der Waals surface area contributed by atoms with Crippen LogP contribution in [0.5, 0.6) is 5.75 Å². The number of hydrogen-bond donors (Lipinski definition) is 1. The highest BCUT2D eigenvalue weighted by molar-refractivity contribution is 5.19. The molecule has 0 atom stereocenters. The molecule has 0 aliphatic carbocycles. The molecule has 0 radical (unpaired) electrons. The van der Waals surface area contributed by atoms with Crippen LogP contribution in [0, 0.1) is 11.3 Å². The second-order valence-corrected chi connectivity index (χ2v) is 2.75. The maximum Gasteiger partial charge on any atom is 0.137 e. The Kier molecular flexibility index (Phi) is 4.45. The van der Waals surface area contributed by atoms with E-state index in [9.17, 15) is 0 Å². The highest BCUT2D eigenvalue weighted by atomic mass is 16.5. The lowest BCUT2D eigenvalue weighted by Gasteiger charge is -2.04. The maximum absolute atomic E-state index is 8.74. The summed E-state index contributed by atoms with van der Waals surface area (Å²) in [5, 5.41) is 17.0. The zero-order chi connectivity index (χ0) is 10.2. The Balaban J connectivity index is 2.33. The molecule has 0 unspecified atom stereocenters. The van der Waals surface area contributed by atoms with Gasteiger partial charge < -0.3 is 9.84 Å². The van der Waals surface area contributed by atoms with Crippen LogP contribution in [0.25, 0.3) is 0 Å². The van der Waals surface area contributed by atoms with E-state index in [2.05, 4.69) is 4.98 Å². The summed E-state index contributed by atoms with van der Waals surface area (Å²) in [5.41, 5.74) is 0.620. The van der Waals surface area contributed by atoms with Gasteiger partial charge in [0.15, 0.2) is 0 Å². The summed E-state index contributed by atoms with van der Waals surface area (Å²) in [6.07, 6.45) is 2.79. The number of hydrogen-bond acceptors (Lipinski definition) is 4. The Morgan fingerprint density at radius 2 is 2.36 bits per heavy atom. The Morgan fingerprint density at radius 1 is 1.50 bits per heavy atom. The van der Waals surface area contributed by atoms with Gasteiger partial charge in [0, 0.05) is 6.42 Å². The van der Waals surface area contributed by atoms with Crippen molar-refractivity contribution in [3.63, 3.8) is 0 Å². The van der Waals surface area contributed by atoms with E-state index in [1.807, 2.05) is 6.07 Å². The Hall–Kier alpha value is -1.60. The predicted molar refractivity (Wildman–Crippen MR) is 50.5 cm³/mol. The standard InChI is InChI=1S/C10H12N2O2/c11-5-1-2-6-14-10-4-3-9(8-13)12-7-10/h3-4,7,13H,1-2,6,8H2. The molecule has 74 valence electrons. The monoisotopic (exact) mass is 192 g/mol. The van der Waals surface area contributed by atoms with Crippen LogP contribution in [0.4, 0.5) is 0 Å². The molecule has 1 rings (SSSR count). The molecule has 4 nitrogen and oxygen atoms in total. The molecule has 14 heavy (non-hydrogen) atoms. The summed E-state index contributed by atoms with van der Waals surface area (Å²) < 4.78 is 5.31. The Labute approximate surface area is 82.8 Å². The second-order valence-electron chi connectivity index (χ2n) is 2.75. The van der Waals surface area contributed by atoms with E-state index in [1.165, 1.54) is 0 Å². The average Bonchev–Trinajstić information content (AvgIpc) is 2.25. The number of nitrogens with zero attached hydrogens (tertiary/aromatic N) is 2. The van der Waals surface area contributed by atoms with Crippen LogP contribution in [0.3, 0.4) is 0 Å². The van der Waals surface area contributed by atoms with Gasteiger partial charge in [0.25, 0.3) is 0 Å². The predicted octanol–water partition coefficient (Wildman–Crippen LogP) is 1.26. The minimum Gasteiger partial charge on any atom is -0.492 e. The van der Waals surface area contributed by atoms with Gasteiger partial charge >= 0.3 is 0 Å². The first kappa shape index (κ1) is 10.5. The largest absolute Gasteiger partial charge is 0.492 e. The SMILES string of the molecule is N#CCCCOc1ccc(CO)nc1. The molecule has 0 amide bonds. The van der Waals surface area contributed by atoms with E-state index >= 15 is 0 Å². The lowest BCUT2D eigenvalue weighted by molar-refractivity contribution is 0.275. The highest BCUT2D eigenvalue weighted by Crippen LogP contribution is 2.09. The second kappa shape index (κ2) is 5.95. The molecule has 0 bridgehead atoms. The van der Waals surface area contributed by atoms with Crippen molar-refractivity contribution in [2.24, 2.45) is 0 Å². The van der Waals surface area contributed by atoms with Gasteiger partial charge in [-0.05, 0) is 18.6 Å². The first-order valence-corrected chi connectivity index (χ1v) is 4.42. The van der Waals surface area contributed by atoms with Gasteiger partial charge in [-0.15, -0.1) is 0 Å². The number of unbranched alkanes of at least 4 members (excludes halogenated alkanes) is 1. The molecule has 0 saturated heterocycles. The van der Waals surface area contributed by atoms with Crippen LogP contribution < -0.4 is 4.74 Å². The molecule has 0 aliphatic rings. The first-order chi connectivity index (χ1) is 6.86. The fraction of sp³-hybridized carbons (Fsp3) is 0.400. The molecule has 1 aromatic heterocycles. The van der Waals surface area contributed by atoms with Gasteiger partial charge in [0.1, 0.15) is 5.75 Å². The summed E-state index contributed by atoms with van der Waals surface area (Å²) in [4.78, 5) is 3.96. The summed E-state index contributed by atoms with van der Waals surface area (Å²) in [6, 6.07) is 5.51. The maximum atomic E-state index is 8.74. The van der Waals surface area contributed by atoms with E-state index in [-0.39, 0.29) is 6.61 Å². The Bertz CT molecular complexity index is 303. The van der Waals surface area contributed by atoms with Crippen LogP contribution in [-0.4, -0.2) is 16.7 Å². The van der Waals surface area contributed by atoms with Crippen LogP contribution >= 0.6 is 0 Å². The van der Waals surface area contributed by atoms with Crippen molar-refractivity contribution < 1.29 is 9.84 Å². The summed E-state index contributed by atoms with van der Waals surface area (Å²) in [5.74, 6) is 0.667. The summed E-state index contributed by atoms with van der Waals surface area (Å²) >= 11 is 0. The molecule has 1 aromatic rings. The van der Waals surface area contributed by atoms with Crippen molar-refractivity contribution in [3.8, 4) is 11.8 Å². The summed E-state index contributed by atoms with van der Waals surface area (Å²) in [6.45, 7) is 0.461. The molecule has 0 saturated carbocycles. The quantitative estimate of drug-likeness (QED) is 0.713. The van der Waals surface area contributed by atoms with E-state index in [0.717, 1.165) is 6.42 Å². The van der Waals surface area contributed by atoms with Crippen LogP contribution in [0.2, 0.25) is 0 Å². The lowest BCUT2D eigenvalue weighted by atomic mass is 10.3. The zero-order valence-corrected chi connectivity index (χ0v) is 7.81. The van der Waals surface area contributed by atoms with Gasteiger partial charge in [-0.3, -0.25) is 4.98 Å². The van der Waals surface area contributed by atoms with Gasteiger partial charge in [-0.25, -0.2) is 0 Å². The molecule has 0 aromatic carbocycles. The topological polar surface area (TPSA) is 66.1 Å². The highest BCUT2D eigenvalue weighted by Gasteiger charge is 1.95. The Morgan fingerprint density at radius 3 is 2.93 bits per heavy atom. The van der Waals surface area contributed by atoms with E-state index in [1.54, 1.807) is 18.3 Å². The molecule has 0 spiro atoms. The lowest BCUT2D eigenvalue weighted by Crippen LogP contribution is -1.97. The van der Waals surface area contributed by atoms with Crippen molar-refractivity contribution >= 4 is 0 Å². The minimum atomic E-state index is -0.0608. The molecular weight excluding hydrogens is 180 g/mol. The number of pyridine rings is 1. The van der Waals surface area contributed by atoms with E-state index in [4.69, 9.17) is 15.1 Å². The molecule has 0 fully saturated rings. The molecule has 4 heteroatoms. The van der Waals surface area contributed by atoms with Crippen molar-refractivity contribution in [2.75, 3.05) is 6.61 Å². The third kappa shape index (κ3) is 3.42. The van der Waals surface area contributed by atoms with Crippen molar-refractivity contribution in [2.45, 2.75) is 19.4 Å². The fourth-order valence-corrected chi connectivity index (χ4v) is 0.931. The van der Waals surface area contributed by atoms with Crippen LogP contribution in [-0.2, 0) is 6.61 Å². The fourth-order valence-electron chi connectivity index (χ4n) is 0.931. The number of rotatable bonds is 5. The molecular formula is C10H12N2O2. The first-order valence-electron chi connectivity index (χ1n) is 4.42. The molecule has 1 heterocycles. The smallest absolute Gasteiger partial charge is 0.137 e. The number of nitriles is 1. The van der Waals surface area contributed by atoms with Gasteiger partial charge in [0.05, 0.1) is 31.2 Å². The van der Waals surface area contributed by atoms with Crippen LogP contribution in [0.15, 0.2) is 18.3 Å². The van der Waals surface area contributed by atoms with Gasteiger partial charge in [0.2, 0.25) is 0 Å². The summed E-state index contributed by atoms with van der Waals surface area (Å²) in [7, 11) is 0. The van der Waals surface area contributed by atoms with E-state index < -0.39 is 0 Å². The normalized spacial score (nSPS) is 9.43. The van der Waals surface area contributed by atoms with Gasteiger partial charge in [-0.1, -0.05) is 0 Å². The zero-order valence-electron chi connectivity index (χ0n) is 7.81. The van der Waals surface area contributed by atoms with Crippen molar-refractivity contribution in [1.82, 2.24) is 4.98 Å². The van der Waals surface area contributed by atoms with Crippen LogP contribution in [0.1, 0.15) is 18.5 Å². The molecule has 1 N–H and O–H groups in total. The van der Waals surface area contributed by atoms with Gasteiger partial charge in [-0.2, -0.15) is 5.26 Å². The number of ether oxygens (including phenoxy) is 1. The number of aliphatic hydroxyl groups is 1.